The highest BCUT2D eigenvalue weighted by molar-refractivity contribution is 7.91. The molecule has 1 unspecified atom stereocenters. The molecule has 1 aromatic heterocycles. The summed E-state index contributed by atoms with van der Waals surface area (Å²) in [4.78, 5) is 0. The third-order valence-corrected chi connectivity index (χ3v) is 4.80. The Kier molecular flexibility index (Phi) is 4.92. The van der Waals surface area contributed by atoms with Gasteiger partial charge in [-0.05, 0) is 32.8 Å². The highest BCUT2D eigenvalue weighted by Crippen LogP contribution is 2.15. The van der Waals surface area contributed by atoms with E-state index in [4.69, 9.17) is 5.73 Å². The van der Waals surface area contributed by atoms with Gasteiger partial charge < -0.3 is 5.73 Å². The van der Waals surface area contributed by atoms with Crippen LogP contribution in [0.4, 0.5) is 0 Å². The molecule has 0 radical (unpaired) electrons. The summed E-state index contributed by atoms with van der Waals surface area (Å²) in [6.45, 7) is 7.95. The molecule has 1 rings (SSSR count). The molecule has 0 bridgehead atoms. The lowest BCUT2D eigenvalue weighted by molar-refractivity contribution is 0.577. The van der Waals surface area contributed by atoms with E-state index < -0.39 is 9.84 Å². The zero-order valence-electron chi connectivity index (χ0n) is 11.6. The molecule has 6 heteroatoms. The number of hydrogen-bond acceptors (Lipinski definition) is 4. The number of sulfone groups is 1. The van der Waals surface area contributed by atoms with Crippen molar-refractivity contribution in [1.82, 2.24) is 9.78 Å². The molecule has 1 atom stereocenters. The zero-order valence-corrected chi connectivity index (χ0v) is 12.4. The van der Waals surface area contributed by atoms with Gasteiger partial charge in [0.05, 0.1) is 18.0 Å². The maximum absolute atomic E-state index is 11.5. The van der Waals surface area contributed by atoms with Crippen molar-refractivity contribution in [2.75, 3.05) is 11.5 Å². The smallest absolute Gasteiger partial charge is 0.151 e. The van der Waals surface area contributed by atoms with Crippen LogP contribution in [0.1, 0.15) is 30.8 Å². The molecule has 5 nitrogen and oxygen atoms in total. The van der Waals surface area contributed by atoms with Crippen LogP contribution in [-0.2, 0) is 22.8 Å². The van der Waals surface area contributed by atoms with Crippen molar-refractivity contribution in [3.05, 3.63) is 17.0 Å². The monoisotopic (exact) mass is 273 g/mol. The first-order chi connectivity index (χ1) is 8.26. The van der Waals surface area contributed by atoms with Crippen LogP contribution in [0, 0.1) is 13.8 Å². The summed E-state index contributed by atoms with van der Waals surface area (Å²) in [5, 5.41) is 4.40. The van der Waals surface area contributed by atoms with Gasteiger partial charge in [-0.25, -0.2) is 8.42 Å². The van der Waals surface area contributed by atoms with Gasteiger partial charge in [0.1, 0.15) is 0 Å². The molecule has 0 aliphatic carbocycles. The predicted molar refractivity (Wildman–Crippen MR) is 73.4 cm³/mol. The Morgan fingerprint density at radius 3 is 2.50 bits per heavy atom. The summed E-state index contributed by atoms with van der Waals surface area (Å²) in [6.07, 6.45) is 0.776. The van der Waals surface area contributed by atoms with Crippen LogP contribution in [-0.4, -0.2) is 35.7 Å². The van der Waals surface area contributed by atoms with E-state index in [9.17, 15) is 8.42 Å². The molecule has 18 heavy (non-hydrogen) atoms. The van der Waals surface area contributed by atoms with E-state index in [-0.39, 0.29) is 17.5 Å². The van der Waals surface area contributed by atoms with Crippen LogP contribution in [0.2, 0.25) is 0 Å². The van der Waals surface area contributed by atoms with Crippen LogP contribution < -0.4 is 5.73 Å². The lowest BCUT2D eigenvalue weighted by Crippen LogP contribution is -2.19. The summed E-state index contributed by atoms with van der Waals surface area (Å²) in [6, 6.07) is 0.0828. The Morgan fingerprint density at radius 2 is 2.00 bits per heavy atom. The van der Waals surface area contributed by atoms with E-state index >= 15 is 0 Å². The predicted octanol–water partition coefficient (Wildman–Crippen LogP) is 0.824. The molecular weight excluding hydrogens is 250 g/mol. The normalized spacial score (nSPS) is 13.8. The number of rotatable bonds is 6. The minimum Gasteiger partial charge on any atom is -0.328 e. The summed E-state index contributed by atoms with van der Waals surface area (Å²) in [5.41, 5.74) is 8.91. The number of nitrogens with two attached hydrogens (primary N) is 1. The lowest BCUT2D eigenvalue weighted by atomic mass is 10.1. The van der Waals surface area contributed by atoms with E-state index in [2.05, 4.69) is 5.10 Å². The van der Waals surface area contributed by atoms with Gasteiger partial charge in [0.15, 0.2) is 9.84 Å². The Bertz CT molecular complexity index is 504. The van der Waals surface area contributed by atoms with Crippen molar-refractivity contribution in [1.29, 1.82) is 0 Å². The Hall–Kier alpha value is -0.880. The third kappa shape index (κ3) is 3.81. The first-order valence-corrected chi connectivity index (χ1v) is 8.08. The first-order valence-electron chi connectivity index (χ1n) is 6.25. The molecule has 1 aromatic rings. The second-order valence-electron chi connectivity index (χ2n) is 4.79. The molecule has 104 valence electrons. The minimum absolute atomic E-state index is 0.0828. The van der Waals surface area contributed by atoms with Gasteiger partial charge in [-0.2, -0.15) is 5.10 Å². The fourth-order valence-electron chi connectivity index (χ4n) is 1.94. The molecule has 0 fully saturated rings. The van der Waals surface area contributed by atoms with Crippen molar-refractivity contribution in [2.45, 2.75) is 46.7 Å². The SMILES string of the molecule is CCS(=O)(=O)CCn1nc(C)c(CC(C)N)c1C. The molecular formula is C12H23N3O2S. The van der Waals surface area contributed by atoms with Crippen LogP contribution in [0.25, 0.3) is 0 Å². The van der Waals surface area contributed by atoms with Crippen molar-refractivity contribution in [3.63, 3.8) is 0 Å². The molecule has 1 heterocycles. The maximum Gasteiger partial charge on any atom is 0.151 e. The van der Waals surface area contributed by atoms with Gasteiger partial charge in [-0.15, -0.1) is 0 Å². The number of aryl methyl sites for hydroxylation is 2. The molecule has 2 N–H and O–H groups in total. The second kappa shape index (κ2) is 5.84. The standard InChI is InChI=1S/C12H23N3O2S/c1-5-18(16,17)7-6-15-11(4)12(8-9(2)13)10(3)14-15/h9H,5-8,13H2,1-4H3. The van der Waals surface area contributed by atoms with Gasteiger partial charge in [0.2, 0.25) is 0 Å². The summed E-state index contributed by atoms with van der Waals surface area (Å²) >= 11 is 0. The number of aromatic nitrogens is 2. The van der Waals surface area contributed by atoms with E-state index in [0.717, 1.165) is 23.4 Å². The first kappa shape index (κ1) is 15.2. The fourth-order valence-corrected chi connectivity index (χ4v) is 2.68. The maximum atomic E-state index is 11.5. The van der Waals surface area contributed by atoms with Gasteiger partial charge >= 0.3 is 0 Å². The minimum atomic E-state index is -2.95. The number of nitrogens with zero attached hydrogens (tertiary/aromatic N) is 2. The highest BCUT2D eigenvalue weighted by atomic mass is 32.2. The van der Waals surface area contributed by atoms with Crippen molar-refractivity contribution < 1.29 is 8.42 Å². The molecule has 0 spiro atoms. The van der Waals surface area contributed by atoms with Gasteiger partial charge in [-0.1, -0.05) is 6.92 Å². The quantitative estimate of drug-likeness (QED) is 0.832. The molecule has 0 aromatic carbocycles. The second-order valence-corrected chi connectivity index (χ2v) is 7.26. The molecule has 0 aliphatic rings. The van der Waals surface area contributed by atoms with Crippen molar-refractivity contribution in [2.24, 2.45) is 5.73 Å². The van der Waals surface area contributed by atoms with Crippen LogP contribution in [0.3, 0.4) is 0 Å². The van der Waals surface area contributed by atoms with Gasteiger partial charge in [-0.3, -0.25) is 4.68 Å². The van der Waals surface area contributed by atoms with E-state index in [0.29, 0.717) is 6.54 Å². The van der Waals surface area contributed by atoms with Gasteiger partial charge in [0.25, 0.3) is 0 Å². The Morgan fingerprint density at radius 1 is 1.39 bits per heavy atom. The highest BCUT2D eigenvalue weighted by Gasteiger charge is 2.15. The van der Waals surface area contributed by atoms with Crippen molar-refractivity contribution in [3.8, 4) is 0 Å². The van der Waals surface area contributed by atoms with Crippen LogP contribution >= 0.6 is 0 Å². The average molecular weight is 273 g/mol. The molecule has 0 aliphatic heterocycles. The van der Waals surface area contributed by atoms with E-state index in [1.807, 2.05) is 20.8 Å². The molecule has 0 saturated carbocycles. The van der Waals surface area contributed by atoms with E-state index in [1.165, 1.54) is 0 Å². The van der Waals surface area contributed by atoms with E-state index in [1.54, 1.807) is 11.6 Å². The summed E-state index contributed by atoms with van der Waals surface area (Å²) in [7, 11) is -2.95. The Balaban J connectivity index is 2.86. The van der Waals surface area contributed by atoms with Gasteiger partial charge in [0, 0.05) is 17.5 Å². The molecule has 0 saturated heterocycles. The topological polar surface area (TPSA) is 78.0 Å². The third-order valence-electron chi connectivity index (χ3n) is 3.11. The zero-order chi connectivity index (χ0) is 13.9. The summed E-state index contributed by atoms with van der Waals surface area (Å²) < 4.78 is 24.8. The Labute approximate surface area is 109 Å². The molecule has 0 amide bonds. The largest absolute Gasteiger partial charge is 0.328 e. The average Bonchev–Trinajstić information content (AvgIpc) is 2.54. The van der Waals surface area contributed by atoms with Crippen molar-refractivity contribution >= 4 is 9.84 Å². The van der Waals surface area contributed by atoms with Crippen LogP contribution in [0.15, 0.2) is 0 Å². The lowest BCUT2D eigenvalue weighted by Gasteiger charge is -2.07. The van der Waals surface area contributed by atoms with Crippen LogP contribution in [0.5, 0.6) is 0 Å². The fraction of sp³-hybridized carbons (Fsp3) is 0.750. The number of hydrogen-bond donors (Lipinski definition) is 1. The summed E-state index contributed by atoms with van der Waals surface area (Å²) in [5.74, 6) is 0.321.